The first-order valence-electron chi connectivity index (χ1n) is 7.40. The van der Waals surface area contributed by atoms with E-state index in [4.69, 9.17) is 14.0 Å². The van der Waals surface area contributed by atoms with Crippen LogP contribution in [0.25, 0.3) is 11.4 Å². The van der Waals surface area contributed by atoms with E-state index in [1.165, 1.54) is 0 Å². The molecule has 0 aliphatic carbocycles. The monoisotopic (exact) mass is 304 g/mol. The van der Waals surface area contributed by atoms with Crippen LogP contribution in [0.15, 0.2) is 22.9 Å². The molecule has 7 nitrogen and oxygen atoms in total. The summed E-state index contributed by atoms with van der Waals surface area (Å²) in [5.74, 6) is 1.66. The lowest BCUT2D eigenvalue weighted by atomic mass is 10.2. The van der Waals surface area contributed by atoms with Crippen LogP contribution in [0.2, 0.25) is 0 Å². The maximum absolute atomic E-state index is 5.62. The van der Waals surface area contributed by atoms with Gasteiger partial charge >= 0.3 is 0 Å². The van der Waals surface area contributed by atoms with E-state index in [2.05, 4.69) is 27.1 Å². The van der Waals surface area contributed by atoms with Crippen LogP contribution in [-0.4, -0.2) is 53.9 Å². The van der Waals surface area contributed by atoms with Crippen LogP contribution >= 0.6 is 0 Å². The molecular formula is C15H20N4O3. The summed E-state index contributed by atoms with van der Waals surface area (Å²) >= 11 is 0. The average molecular weight is 304 g/mol. The van der Waals surface area contributed by atoms with E-state index < -0.39 is 0 Å². The normalized spacial score (nSPS) is 18.7. The SMILES string of the molecule is COCCOc1ncccc1-c1noc([C@@H]2CCCN2C)n1. The van der Waals surface area contributed by atoms with Gasteiger partial charge < -0.3 is 14.0 Å². The molecule has 1 fully saturated rings. The molecule has 0 saturated carbocycles. The molecule has 7 heteroatoms. The van der Waals surface area contributed by atoms with Crippen molar-refractivity contribution in [2.24, 2.45) is 0 Å². The summed E-state index contributed by atoms with van der Waals surface area (Å²) < 4.78 is 16.0. The molecule has 0 radical (unpaired) electrons. The van der Waals surface area contributed by atoms with Gasteiger partial charge in [0.25, 0.3) is 0 Å². The van der Waals surface area contributed by atoms with Crippen molar-refractivity contribution in [2.45, 2.75) is 18.9 Å². The molecule has 2 aromatic heterocycles. The quantitative estimate of drug-likeness (QED) is 0.755. The van der Waals surface area contributed by atoms with Crippen molar-refractivity contribution in [3.05, 3.63) is 24.2 Å². The molecule has 1 aliphatic heterocycles. The van der Waals surface area contributed by atoms with Gasteiger partial charge in [-0.3, -0.25) is 4.90 Å². The Bertz CT molecular complexity index is 616. The number of ether oxygens (including phenoxy) is 2. The smallest absolute Gasteiger partial charge is 0.244 e. The topological polar surface area (TPSA) is 73.5 Å². The molecule has 3 heterocycles. The molecule has 0 amide bonds. The number of nitrogens with zero attached hydrogens (tertiary/aromatic N) is 4. The van der Waals surface area contributed by atoms with Gasteiger partial charge in [-0.05, 0) is 38.6 Å². The molecular weight excluding hydrogens is 284 g/mol. The van der Waals surface area contributed by atoms with Crippen molar-refractivity contribution in [3.8, 4) is 17.3 Å². The Kier molecular flexibility index (Phi) is 4.65. The number of aromatic nitrogens is 3. The molecule has 2 aromatic rings. The predicted molar refractivity (Wildman–Crippen MR) is 79.5 cm³/mol. The molecule has 0 N–H and O–H groups in total. The average Bonchev–Trinajstić information content (AvgIpc) is 3.16. The van der Waals surface area contributed by atoms with E-state index in [1.807, 2.05) is 12.1 Å². The summed E-state index contributed by atoms with van der Waals surface area (Å²) in [6, 6.07) is 3.91. The van der Waals surface area contributed by atoms with Gasteiger partial charge in [-0.2, -0.15) is 4.98 Å². The Morgan fingerprint density at radius 1 is 1.41 bits per heavy atom. The largest absolute Gasteiger partial charge is 0.475 e. The van der Waals surface area contributed by atoms with Gasteiger partial charge in [0.1, 0.15) is 6.61 Å². The van der Waals surface area contributed by atoms with Gasteiger partial charge in [0.15, 0.2) is 0 Å². The minimum atomic E-state index is 0.204. The molecule has 0 aromatic carbocycles. The second kappa shape index (κ2) is 6.85. The number of likely N-dealkylation sites (tertiary alicyclic amines) is 1. The minimum Gasteiger partial charge on any atom is -0.475 e. The number of methoxy groups -OCH3 is 1. The number of pyridine rings is 1. The molecule has 0 unspecified atom stereocenters. The van der Waals surface area contributed by atoms with Crippen LogP contribution in [0, 0.1) is 0 Å². The highest BCUT2D eigenvalue weighted by molar-refractivity contribution is 5.60. The van der Waals surface area contributed by atoms with Crippen molar-refractivity contribution >= 4 is 0 Å². The van der Waals surface area contributed by atoms with Crippen molar-refractivity contribution in [3.63, 3.8) is 0 Å². The summed E-state index contributed by atoms with van der Waals surface area (Å²) in [6.07, 6.45) is 3.87. The fourth-order valence-electron chi connectivity index (χ4n) is 2.60. The molecule has 1 aliphatic rings. The molecule has 0 bridgehead atoms. The Morgan fingerprint density at radius 3 is 3.09 bits per heavy atom. The fraction of sp³-hybridized carbons (Fsp3) is 0.533. The highest BCUT2D eigenvalue weighted by atomic mass is 16.5. The van der Waals surface area contributed by atoms with Gasteiger partial charge in [0, 0.05) is 13.3 Å². The zero-order valence-corrected chi connectivity index (χ0v) is 12.9. The van der Waals surface area contributed by atoms with E-state index in [9.17, 15) is 0 Å². The molecule has 0 spiro atoms. The maximum atomic E-state index is 5.62. The predicted octanol–water partition coefficient (Wildman–Crippen LogP) is 1.92. The van der Waals surface area contributed by atoms with Crippen LogP contribution in [-0.2, 0) is 4.74 Å². The Hall–Kier alpha value is -1.99. The summed E-state index contributed by atoms with van der Waals surface area (Å²) in [7, 11) is 3.71. The number of rotatable bonds is 6. The molecule has 3 rings (SSSR count). The zero-order chi connectivity index (χ0) is 15.4. The van der Waals surface area contributed by atoms with Crippen molar-refractivity contribution in [2.75, 3.05) is 33.9 Å². The maximum Gasteiger partial charge on any atom is 0.244 e. The lowest BCUT2D eigenvalue weighted by molar-refractivity contribution is 0.144. The van der Waals surface area contributed by atoms with Gasteiger partial charge in [0.05, 0.1) is 18.2 Å². The van der Waals surface area contributed by atoms with E-state index in [-0.39, 0.29) is 6.04 Å². The van der Waals surface area contributed by atoms with E-state index >= 15 is 0 Å². The lowest BCUT2D eigenvalue weighted by Crippen LogP contribution is -2.17. The second-order valence-corrected chi connectivity index (χ2v) is 5.29. The van der Waals surface area contributed by atoms with Crippen LogP contribution in [0.3, 0.4) is 0 Å². The van der Waals surface area contributed by atoms with Crippen LogP contribution in [0.4, 0.5) is 0 Å². The van der Waals surface area contributed by atoms with Gasteiger partial charge in [-0.15, -0.1) is 0 Å². The molecule has 22 heavy (non-hydrogen) atoms. The highest BCUT2D eigenvalue weighted by Gasteiger charge is 2.28. The summed E-state index contributed by atoms with van der Waals surface area (Å²) in [5.41, 5.74) is 0.731. The number of hydrogen-bond acceptors (Lipinski definition) is 7. The lowest BCUT2D eigenvalue weighted by Gasteiger charge is -2.14. The first-order chi connectivity index (χ1) is 10.8. The van der Waals surface area contributed by atoms with Crippen molar-refractivity contribution < 1.29 is 14.0 Å². The third kappa shape index (κ3) is 3.10. The third-order valence-electron chi connectivity index (χ3n) is 3.79. The van der Waals surface area contributed by atoms with Gasteiger partial charge in [0.2, 0.25) is 17.6 Å². The number of hydrogen-bond donors (Lipinski definition) is 0. The van der Waals surface area contributed by atoms with E-state index in [1.54, 1.807) is 13.3 Å². The van der Waals surface area contributed by atoms with Gasteiger partial charge in [-0.1, -0.05) is 5.16 Å². The van der Waals surface area contributed by atoms with Crippen LogP contribution < -0.4 is 4.74 Å². The van der Waals surface area contributed by atoms with Crippen molar-refractivity contribution in [1.82, 2.24) is 20.0 Å². The van der Waals surface area contributed by atoms with Crippen LogP contribution in [0.5, 0.6) is 5.88 Å². The van der Waals surface area contributed by atoms with Crippen LogP contribution in [0.1, 0.15) is 24.8 Å². The first-order valence-corrected chi connectivity index (χ1v) is 7.40. The molecule has 1 saturated heterocycles. The van der Waals surface area contributed by atoms with Gasteiger partial charge in [-0.25, -0.2) is 4.98 Å². The first kappa shape index (κ1) is 14.9. The molecule has 1 atom stereocenters. The summed E-state index contributed by atoms with van der Waals surface area (Å²) in [6.45, 7) is 1.98. The second-order valence-electron chi connectivity index (χ2n) is 5.29. The van der Waals surface area contributed by atoms with E-state index in [0.29, 0.717) is 30.8 Å². The standard InChI is InChI=1S/C15H20N4O3/c1-19-8-4-6-12(19)15-17-13(18-22-15)11-5-3-7-16-14(11)21-10-9-20-2/h3,5,7,12H,4,6,8-10H2,1-2H3/t12-/m0/s1. The zero-order valence-electron chi connectivity index (χ0n) is 12.9. The fourth-order valence-corrected chi connectivity index (χ4v) is 2.60. The Balaban J connectivity index is 1.81. The third-order valence-corrected chi connectivity index (χ3v) is 3.79. The Labute approximate surface area is 129 Å². The Morgan fingerprint density at radius 2 is 2.32 bits per heavy atom. The summed E-state index contributed by atoms with van der Waals surface area (Å²) in [5, 5.41) is 4.09. The van der Waals surface area contributed by atoms with Crippen molar-refractivity contribution in [1.29, 1.82) is 0 Å². The molecule has 118 valence electrons. The summed E-state index contributed by atoms with van der Waals surface area (Å²) in [4.78, 5) is 11.0. The minimum absolute atomic E-state index is 0.204. The highest BCUT2D eigenvalue weighted by Crippen LogP contribution is 2.32. The van der Waals surface area contributed by atoms with E-state index in [0.717, 1.165) is 24.9 Å².